The van der Waals surface area contributed by atoms with Crippen LogP contribution in [0.25, 0.3) is 0 Å². The molecule has 3 rings (SSSR count). The van der Waals surface area contributed by atoms with Gasteiger partial charge in [-0.1, -0.05) is 15.9 Å². The van der Waals surface area contributed by atoms with Gasteiger partial charge in [-0.2, -0.15) is 0 Å². The number of amides is 1. The maximum absolute atomic E-state index is 12.4. The van der Waals surface area contributed by atoms with Crippen molar-refractivity contribution in [1.82, 2.24) is 0 Å². The van der Waals surface area contributed by atoms with Crippen LogP contribution in [0.5, 0.6) is 11.5 Å². The lowest BCUT2D eigenvalue weighted by molar-refractivity contribution is -0.116. The van der Waals surface area contributed by atoms with Crippen LogP contribution in [-0.2, 0) is 9.53 Å². The lowest BCUT2D eigenvalue weighted by Crippen LogP contribution is -2.36. The van der Waals surface area contributed by atoms with E-state index in [1.807, 2.05) is 42.5 Å². The molecule has 0 unspecified atom stereocenters. The number of ether oxygens (including phenoxy) is 3. The van der Waals surface area contributed by atoms with E-state index in [9.17, 15) is 4.79 Å². The number of hydrogen-bond acceptors (Lipinski definition) is 5. The predicted octanol–water partition coefficient (Wildman–Crippen LogP) is 4.09. The van der Waals surface area contributed by atoms with Crippen molar-refractivity contribution in [3.8, 4) is 11.5 Å². The molecule has 1 fully saturated rings. The Hall–Kier alpha value is -2.25. The van der Waals surface area contributed by atoms with Gasteiger partial charge in [0.15, 0.2) is 0 Å². The maximum Gasteiger partial charge on any atom is 0.224 e. The highest BCUT2D eigenvalue weighted by Crippen LogP contribution is 2.30. The van der Waals surface area contributed by atoms with Crippen LogP contribution < -0.4 is 19.7 Å². The summed E-state index contributed by atoms with van der Waals surface area (Å²) in [6.45, 7) is 3.52. The summed E-state index contributed by atoms with van der Waals surface area (Å²) < 4.78 is 17.2. The van der Waals surface area contributed by atoms with Gasteiger partial charge in [-0.25, -0.2) is 0 Å². The molecule has 1 aliphatic rings. The molecule has 0 radical (unpaired) electrons. The summed E-state index contributed by atoms with van der Waals surface area (Å²) in [6.07, 6.45) is 1.03. The van der Waals surface area contributed by atoms with Gasteiger partial charge in [0.2, 0.25) is 5.91 Å². The first kappa shape index (κ1) is 20.5. The molecule has 0 aliphatic carbocycles. The molecule has 1 N–H and O–H groups in total. The number of carbonyl (C=O) groups excluding carboxylic acids is 1. The monoisotopic (exact) mass is 448 g/mol. The standard InChI is InChI=1S/C21H25BrN2O4/c1-26-17-5-7-18(8-6-17)28-12-2-3-21(25)23-19-15-16(22)4-9-20(19)24-10-13-27-14-11-24/h4-9,15H,2-3,10-14H2,1H3,(H,23,25). The highest BCUT2D eigenvalue weighted by molar-refractivity contribution is 9.10. The van der Waals surface area contributed by atoms with Crippen LogP contribution in [0, 0.1) is 0 Å². The molecule has 0 bridgehead atoms. The fourth-order valence-corrected chi connectivity index (χ4v) is 3.36. The molecule has 6 nitrogen and oxygen atoms in total. The SMILES string of the molecule is COc1ccc(OCCCC(=O)Nc2cc(Br)ccc2N2CCOCC2)cc1. The van der Waals surface area contributed by atoms with Gasteiger partial charge in [0.05, 0.1) is 38.3 Å². The summed E-state index contributed by atoms with van der Waals surface area (Å²) in [7, 11) is 1.63. The minimum Gasteiger partial charge on any atom is -0.497 e. The number of morpholine rings is 1. The van der Waals surface area contributed by atoms with Crippen molar-refractivity contribution in [2.75, 3.05) is 50.2 Å². The highest BCUT2D eigenvalue weighted by atomic mass is 79.9. The van der Waals surface area contributed by atoms with Gasteiger partial charge in [0.25, 0.3) is 0 Å². The number of benzene rings is 2. The largest absolute Gasteiger partial charge is 0.497 e. The van der Waals surface area contributed by atoms with Crippen molar-refractivity contribution in [2.45, 2.75) is 12.8 Å². The Bertz CT molecular complexity index is 776. The Balaban J connectivity index is 1.49. The average Bonchev–Trinajstić information content (AvgIpc) is 2.72. The zero-order valence-electron chi connectivity index (χ0n) is 15.9. The molecule has 150 valence electrons. The van der Waals surface area contributed by atoms with Crippen LogP contribution in [0.4, 0.5) is 11.4 Å². The molecule has 0 atom stereocenters. The molecule has 2 aromatic carbocycles. The summed E-state index contributed by atoms with van der Waals surface area (Å²) in [5, 5.41) is 3.04. The van der Waals surface area contributed by atoms with Crippen LogP contribution >= 0.6 is 15.9 Å². The van der Waals surface area contributed by atoms with E-state index >= 15 is 0 Å². The first-order valence-corrected chi connectivity index (χ1v) is 10.1. The van der Waals surface area contributed by atoms with Crippen LogP contribution in [-0.4, -0.2) is 45.9 Å². The van der Waals surface area contributed by atoms with Crippen molar-refractivity contribution in [2.24, 2.45) is 0 Å². The van der Waals surface area contributed by atoms with Crippen LogP contribution in [0.15, 0.2) is 46.9 Å². The number of nitrogens with one attached hydrogen (secondary N) is 1. The number of halogens is 1. The number of carbonyl (C=O) groups is 1. The normalized spacial score (nSPS) is 13.9. The van der Waals surface area contributed by atoms with Gasteiger partial charge in [-0.15, -0.1) is 0 Å². The average molecular weight is 449 g/mol. The number of rotatable bonds is 8. The number of hydrogen-bond donors (Lipinski definition) is 1. The van der Waals surface area contributed by atoms with E-state index < -0.39 is 0 Å². The van der Waals surface area contributed by atoms with E-state index in [0.29, 0.717) is 32.7 Å². The molecular formula is C21H25BrN2O4. The fraction of sp³-hybridized carbons (Fsp3) is 0.381. The quantitative estimate of drug-likeness (QED) is 0.616. The van der Waals surface area contributed by atoms with Crippen molar-refractivity contribution in [3.05, 3.63) is 46.9 Å². The molecule has 7 heteroatoms. The molecule has 0 aromatic heterocycles. The summed E-state index contributed by atoms with van der Waals surface area (Å²) in [5.41, 5.74) is 1.84. The van der Waals surface area contributed by atoms with Gasteiger partial charge >= 0.3 is 0 Å². The molecule has 1 saturated heterocycles. The zero-order valence-corrected chi connectivity index (χ0v) is 17.5. The Morgan fingerprint density at radius 1 is 1.14 bits per heavy atom. The van der Waals surface area contributed by atoms with E-state index in [-0.39, 0.29) is 5.91 Å². The number of methoxy groups -OCH3 is 1. The van der Waals surface area contributed by atoms with Crippen molar-refractivity contribution in [1.29, 1.82) is 0 Å². The second-order valence-electron chi connectivity index (χ2n) is 6.44. The van der Waals surface area contributed by atoms with E-state index in [1.54, 1.807) is 7.11 Å². The Morgan fingerprint density at radius 2 is 1.86 bits per heavy atom. The van der Waals surface area contributed by atoms with Crippen molar-refractivity contribution >= 4 is 33.2 Å². The molecule has 1 amide bonds. The lowest BCUT2D eigenvalue weighted by Gasteiger charge is -2.30. The van der Waals surface area contributed by atoms with Gasteiger partial charge < -0.3 is 24.4 Å². The third-order valence-electron chi connectivity index (χ3n) is 4.46. The Kier molecular flexibility index (Phi) is 7.56. The summed E-state index contributed by atoms with van der Waals surface area (Å²) in [6, 6.07) is 13.4. The van der Waals surface area contributed by atoms with Crippen molar-refractivity contribution in [3.63, 3.8) is 0 Å². The lowest BCUT2D eigenvalue weighted by atomic mass is 10.2. The molecule has 1 aliphatic heterocycles. The van der Waals surface area contributed by atoms with E-state index in [4.69, 9.17) is 14.2 Å². The van der Waals surface area contributed by atoms with E-state index in [2.05, 4.69) is 26.1 Å². The maximum atomic E-state index is 12.4. The smallest absolute Gasteiger partial charge is 0.224 e. The summed E-state index contributed by atoms with van der Waals surface area (Å²) in [5.74, 6) is 1.53. The number of anilines is 2. The minimum absolute atomic E-state index is 0.0223. The fourth-order valence-electron chi connectivity index (χ4n) is 3.00. The summed E-state index contributed by atoms with van der Waals surface area (Å²) >= 11 is 3.49. The van der Waals surface area contributed by atoms with Crippen LogP contribution in [0.3, 0.4) is 0 Å². The van der Waals surface area contributed by atoms with Gasteiger partial charge in [-0.3, -0.25) is 4.79 Å². The molecule has 2 aromatic rings. The molecule has 28 heavy (non-hydrogen) atoms. The van der Waals surface area contributed by atoms with Gasteiger partial charge in [0.1, 0.15) is 11.5 Å². The van der Waals surface area contributed by atoms with Gasteiger partial charge in [0, 0.05) is 24.0 Å². The molecule has 1 heterocycles. The highest BCUT2D eigenvalue weighted by Gasteiger charge is 2.16. The zero-order chi connectivity index (χ0) is 19.8. The summed E-state index contributed by atoms with van der Waals surface area (Å²) in [4.78, 5) is 14.6. The van der Waals surface area contributed by atoms with Crippen LogP contribution in [0.1, 0.15) is 12.8 Å². The third-order valence-corrected chi connectivity index (χ3v) is 4.95. The third kappa shape index (κ3) is 5.87. The van der Waals surface area contributed by atoms with Gasteiger partial charge in [-0.05, 0) is 48.9 Å². The minimum atomic E-state index is -0.0223. The molecule has 0 spiro atoms. The predicted molar refractivity (Wildman–Crippen MR) is 114 cm³/mol. The molecular weight excluding hydrogens is 424 g/mol. The molecule has 0 saturated carbocycles. The van der Waals surface area contributed by atoms with Crippen molar-refractivity contribution < 1.29 is 19.0 Å². The number of nitrogens with zero attached hydrogens (tertiary/aromatic N) is 1. The van der Waals surface area contributed by atoms with E-state index in [0.717, 1.165) is 40.4 Å². The first-order valence-electron chi connectivity index (χ1n) is 9.34. The Labute approximate surface area is 173 Å². The second kappa shape index (κ2) is 10.3. The van der Waals surface area contributed by atoms with E-state index in [1.165, 1.54) is 0 Å². The topological polar surface area (TPSA) is 60.0 Å². The first-order chi connectivity index (χ1) is 13.7. The van der Waals surface area contributed by atoms with Crippen LogP contribution in [0.2, 0.25) is 0 Å². The Morgan fingerprint density at radius 3 is 2.57 bits per heavy atom. The second-order valence-corrected chi connectivity index (χ2v) is 7.35.